The molecule has 5 heteroatoms. The molecule has 0 amide bonds. The van der Waals surface area contributed by atoms with Crippen molar-refractivity contribution in [3.8, 4) is 6.07 Å². The van der Waals surface area contributed by atoms with Crippen molar-refractivity contribution in [3.63, 3.8) is 0 Å². The second-order valence-electron chi connectivity index (χ2n) is 11.1. The van der Waals surface area contributed by atoms with Crippen LogP contribution in [0.4, 0.5) is 0 Å². The predicted molar refractivity (Wildman–Crippen MR) is 162 cm³/mol. The van der Waals surface area contributed by atoms with E-state index in [2.05, 4.69) is 83.3 Å². The zero-order valence-corrected chi connectivity index (χ0v) is 25.0. The molecule has 3 aromatic carbocycles. The number of carbonyl (C=O) groups is 1. The average Bonchev–Trinajstić information content (AvgIpc) is 2.88. The number of Topliss-reactive ketones (excluding diaryl/α,β-unsaturated/α-hetero) is 1. The van der Waals surface area contributed by atoms with Gasteiger partial charge in [0.2, 0.25) is 0 Å². The van der Waals surface area contributed by atoms with Crippen LogP contribution < -0.4 is 15.9 Å². The van der Waals surface area contributed by atoms with E-state index in [0.717, 1.165) is 28.8 Å². The van der Waals surface area contributed by atoms with E-state index in [0.29, 0.717) is 5.29 Å². The molecule has 0 aliphatic heterocycles. The average molecular weight is 530 g/mol. The number of hydrogen-bond donors (Lipinski definition) is 0. The quantitative estimate of drug-likeness (QED) is 0.214. The molecule has 0 fully saturated rings. The van der Waals surface area contributed by atoms with Crippen molar-refractivity contribution in [2.24, 2.45) is 0 Å². The SMILES string of the molecule is CCCC(CC(=O)C(C#N)=P(c1ccccc1)(c1ccccc1)c1ccccc1)O[Si](C)(C)C(C)(C)C. The number of nitriles is 1. The van der Waals surface area contributed by atoms with Crippen LogP contribution in [-0.2, 0) is 9.22 Å². The zero-order valence-electron chi connectivity index (χ0n) is 23.1. The first-order chi connectivity index (χ1) is 17.6. The highest BCUT2D eigenvalue weighted by Crippen LogP contribution is 2.46. The van der Waals surface area contributed by atoms with Gasteiger partial charge in [-0.25, -0.2) is 0 Å². The minimum absolute atomic E-state index is 0.0404. The molecule has 0 aliphatic carbocycles. The lowest BCUT2D eigenvalue weighted by Gasteiger charge is -2.39. The molecular weight excluding hydrogens is 489 g/mol. The van der Waals surface area contributed by atoms with Crippen LogP contribution in [0.2, 0.25) is 18.1 Å². The lowest BCUT2D eigenvalue weighted by atomic mass is 10.1. The molecule has 0 aromatic heterocycles. The maximum absolute atomic E-state index is 14.3. The van der Waals surface area contributed by atoms with Gasteiger partial charge < -0.3 is 4.43 Å². The third kappa shape index (κ3) is 6.24. The fraction of sp³-hybridized carbons (Fsp3) is 0.344. The summed E-state index contributed by atoms with van der Waals surface area (Å²) in [5.74, 6) is -0.107. The molecule has 0 saturated carbocycles. The second-order valence-corrected chi connectivity index (χ2v) is 19.1. The minimum Gasteiger partial charge on any atom is -0.413 e. The van der Waals surface area contributed by atoms with Crippen LogP contribution in [0.3, 0.4) is 0 Å². The van der Waals surface area contributed by atoms with E-state index in [9.17, 15) is 10.1 Å². The number of ketones is 1. The van der Waals surface area contributed by atoms with Gasteiger partial charge in [-0.3, -0.25) is 4.79 Å². The van der Waals surface area contributed by atoms with Gasteiger partial charge in [0.25, 0.3) is 0 Å². The molecule has 0 heterocycles. The largest absolute Gasteiger partial charge is 0.413 e. The summed E-state index contributed by atoms with van der Waals surface area (Å²) >= 11 is 0. The lowest BCUT2D eigenvalue weighted by molar-refractivity contribution is -0.114. The molecular formula is C32H40NO2PSi. The van der Waals surface area contributed by atoms with Gasteiger partial charge in [-0.1, -0.05) is 125 Å². The summed E-state index contributed by atoms with van der Waals surface area (Å²) in [5.41, 5.74) is 0. The molecule has 1 atom stereocenters. The standard InChI is InChI=1S/C32H40NO2PSi/c1-7-17-26(35-37(5,6)32(2,3)4)24-30(34)31(25-33)36(27-18-11-8-12-19-27,28-20-13-9-14-21-28)29-22-15-10-16-23-29/h8-16,18-23,26H,7,17,24H2,1-6H3. The summed E-state index contributed by atoms with van der Waals surface area (Å²) in [6.07, 6.45) is 1.73. The number of rotatable bonds is 10. The summed E-state index contributed by atoms with van der Waals surface area (Å²) in [4.78, 5) is 14.3. The van der Waals surface area contributed by atoms with Crippen molar-refractivity contribution in [3.05, 3.63) is 91.0 Å². The van der Waals surface area contributed by atoms with Gasteiger partial charge >= 0.3 is 0 Å². The maximum atomic E-state index is 14.3. The molecule has 3 aromatic rings. The van der Waals surface area contributed by atoms with Crippen molar-refractivity contribution >= 4 is 42.2 Å². The number of nitrogens with zero attached hydrogens (tertiary/aromatic N) is 1. The number of benzene rings is 3. The Hall–Kier alpha value is -2.70. The molecule has 0 N–H and O–H groups in total. The van der Waals surface area contributed by atoms with E-state index in [4.69, 9.17) is 4.43 Å². The van der Waals surface area contributed by atoms with Crippen LogP contribution in [0.1, 0.15) is 47.0 Å². The van der Waals surface area contributed by atoms with Crippen LogP contribution in [0.25, 0.3) is 0 Å². The van der Waals surface area contributed by atoms with E-state index >= 15 is 0 Å². The molecule has 0 bridgehead atoms. The second kappa shape index (κ2) is 12.2. The highest BCUT2D eigenvalue weighted by Gasteiger charge is 2.40. The third-order valence-corrected chi connectivity index (χ3v) is 16.2. The highest BCUT2D eigenvalue weighted by atomic mass is 31.2. The van der Waals surface area contributed by atoms with Crippen molar-refractivity contribution in [1.29, 1.82) is 5.26 Å². The molecule has 0 aliphatic rings. The summed E-state index contributed by atoms with van der Waals surface area (Å²) in [7, 11) is -2.09. The van der Waals surface area contributed by atoms with Gasteiger partial charge in [0.1, 0.15) is 11.4 Å². The first-order valence-electron chi connectivity index (χ1n) is 13.1. The summed E-state index contributed by atoms with van der Waals surface area (Å²) in [6.45, 7) is 10.5. The van der Waals surface area contributed by atoms with E-state index in [1.807, 2.05) is 54.6 Å². The topological polar surface area (TPSA) is 50.1 Å². The third-order valence-electron chi connectivity index (χ3n) is 7.43. The molecule has 0 radical (unpaired) electrons. The van der Waals surface area contributed by atoms with Crippen LogP contribution >= 0.6 is 6.89 Å². The van der Waals surface area contributed by atoms with E-state index in [1.165, 1.54) is 0 Å². The first-order valence-corrected chi connectivity index (χ1v) is 17.8. The zero-order chi connectivity index (χ0) is 27.1. The van der Waals surface area contributed by atoms with Gasteiger partial charge in [-0.2, -0.15) is 5.26 Å². The van der Waals surface area contributed by atoms with Gasteiger partial charge in [0, 0.05) is 6.42 Å². The van der Waals surface area contributed by atoms with Crippen molar-refractivity contribution < 1.29 is 9.22 Å². The molecule has 3 rings (SSSR count). The van der Waals surface area contributed by atoms with Gasteiger partial charge in [0.15, 0.2) is 14.1 Å². The predicted octanol–water partition coefficient (Wildman–Crippen LogP) is 6.83. The summed E-state index contributed by atoms with van der Waals surface area (Å²) < 4.78 is 6.75. The fourth-order valence-electron chi connectivity index (χ4n) is 4.54. The highest BCUT2D eigenvalue weighted by molar-refractivity contribution is 7.96. The van der Waals surface area contributed by atoms with Crippen molar-refractivity contribution in [1.82, 2.24) is 0 Å². The molecule has 0 saturated heterocycles. The Balaban J connectivity index is 2.29. The minimum atomic E-state index is -2.72. The monoisotopic (exact) mass is 529 g/mol. The van der Waals surface area contributed by atoms with E-state index in [1.54, 1.807) is 0 Å². The van der Waals surface area contributed by atoms with Crippen molar-refractivity contribution in [2.45, 2.75) is 71.2 Å². The number of carbonyl (C=O) groups excluding carboxylic acids is 1. The Bertz CT molecular complexity index is 1170. The fourth-order valence-corrected chi connectivity index (χ4v) is 10.1. The van der Waals surface area contributed by atoms with Gasteiger partial charge in [-0.15, -0.1) is 0 Å². The van der Waals surface area contributed by atoms with E-state index < -0.39 is 15.2 Å². The van der Waals surface area contributed by atoms with Gasteiger partial charge in [0.05, 0.1) is 6.10 Å². The summed E-state index contributed by atoms with van der Waals surface area (Å²) in [6, 6.07) is 32.7. The van der Waals surface area contributed by atoms with Crippen LogP contribution in [0.5, 0.6) is 0 Å². The first kappa shape index (κ1) is 28.9. The smallest absolute Gasteiger partial charge is 0.192 e. The van der Waals surface area contributed by atoms with Crippen LogP contribution in [0, 0.1) is 11.3 Å². The molecule has 37 heavy (non-hydrogen) atoms. The van der Waals surface area contributed by atoms with Crippen LogP contribution in [-0.4, -0.2) is 25.5 Å². The Kier molecular flexibility index (Phi) is 9.54. The van der Waals surface area contributed by atoms with Gasteiger partial charge in [-0.05, 0) is 47.4 Å². The Morgan fingerprint density at radius 3 is 1.59 bits per heavy atom. The number of hydrogen-bond acceptors (Lipinski definition) is 3. The molecule has 194 valence electrons. The molecule has 3 nitrogen and oxygen atoms in total. The lowest BCUT2D eigenvalue weighted by Crippen LogP contribution is -2.45. The Morgan fingerprint density at radius 2 is 1.27 bits per heavy atom. The Labute approximate surface area is 224 Å². The molecule has 0 spiro atoms. The van der Waals surface area contributed by atoms with E-state index in [-0.39, 0.29) is 23.3 Å². The Morgan fingerprint density at radius 1 is 0.865 bits per heavy atom. The summed E-state index contributed by atoms with van der Waals surface area (Å²) in [5, 5.41) is 14.1. The maximum Gasteiger partial charge on any atom is 0.192 e. The van der Waals surface area contributed by atoms with Crippen molar-refractivity contribution in [2.75, 3.05) is 0 Å². The van der Waals surface area contributed by atoms with Crippen LogP contribution in [0.15, 0.2) is 91.0 Å². The molecule has 1 unspecified atom stereocenters. The normalized spacial score (nSPS) is 13.0.